The van der Waals surface area contributed by atoms with Crippen LogP contribution in [0, 0.1) is 5.41 Å². The number of hydrogen-bond acceptors (Lipinski definition) is 4. The average molecular weight is 411 g/mol. The van der Waals surface area contributed by atoms with E-state index >= 15 is 0 Å². The van der Waals surface area contributed by atoms with E-state index < -0.39 is 5.41 Å². The minimum Gasteiger partial charge on any atom is -0.348 e. The highest BCUT2D eigenvalue weighted by Gasteiger charge is 2.31. The van der Waals surface area contributed by atoms with E-state index in [1.54, 1.807) is 0 Å². The fraction of sp³-hybridized carbons (Fsp3) is 0.348. The summed E-state index contributed by atoms with van der Waals surface area (Å²) in [6, 6.07) is 14.0. The molecule has 1 N–H and O–H groups in total. The van der Waals surface area contributed by atoms with Crippen LogP contribution in [0.5, 0.6) is 0 Å². The first-order valence-electron chi connectivity index (χ1n) is 9.62. The first kappa shape index (κ1) is 21.1. The molecule has 2 amide bonds. The minimum absolute atomic E-state index is 0.0651. The van der Waals surface area contributed by atoms with Gasteiger partial charge < -0.3 is 5.32 Å². The van der Waals surface area contributed by atoms with Gasteiger partial charge in [-0.25, -0.2) is 0 Å². The molecule has 1 fully saturated rings. The van der Waals surface area contributed by atoms with Crippen molar-refractivity contribution in [1.82, 2.24) is 10.2 Å². The van der Waals surface area contributed by atoms with Gasteiger partial charge in [0, 0.05) is 11.5 Å². The van der Waals surface area contributed by atoms with Crippen LogP contribution in [-0.2, 0) is 14.4 Å². The Bertz CT molecular complexity index is 991. The first-order valence-corrected chi connectivity index (χ1v) is 10.6. The summed E-state index contributed by atoms with van der Waals surface area (Å²) in [6.45, 7) is 7.32. The van der Waals surface area contributed by atoms with Crippen LogP contribution in [-0.4, -0.2) is 34.8 Å². The molecule has 1 unspecified atom stereocenters. The number of amides is 2. The highest BCUT2D eigenvalue weighted by molar-refractivity contribution is 8.04. The van der Waals surface area contributed by atoms with Gasteiger partial charge in [0.1, 0.15) is 6.54 Å². The van der Waals surface area contributed by atoms with Gasteiger partial charge in [0.05, 0.1) is 16.8 Å². The molecule has 152 valence electrons. The lowest BCUT2D eigenvalue weighted by atomic mass is 9.91. The molecule has 1 heterocycles. The van der Waals surface area contributed by atoms with Crippen molar-refractivity contribution < 1.29 is 14.4 Å². The van der Waals surface area contributed by atoms with E-state index in [-0.39, 0.29) is 35.9 Å². The Balaban J connectivity index is 1.68. The maximum absolute atomic E-state index is 12.6. The summed E-state index contributed by atoms with van der Waals surface area (Å²) in [6.07, 6.45) is 1.48. The van der Waals surface area contributed by atoms with E-state index in [2.05, 4.69) is 11.4 Å². The van der Waals surface area contributed by atoms with Crippen molar-refractivity contribution in [2.75, 3.05) is 12.3 Å². The number of fused-ring (bicyclic) bond motifs is 1. The molecule has 1 aliphatic heterocycles. The Morgan fingerprint density at radius 3 is 2.55 bits per heavy atom. The summed E-state index contributed by atoms with van der Waals surface area (Å²) in [5, 5.41) is 5.76. The lowest BCUT2D eigenvalue weighted by Gasteiger charge is -2.21. The molecule has 2 aromatic rings. The molecule has 0 saturated carbocycles. The van der Waals surface area contributed by atoms with Crippen LogP contribution >= 0.6 is 11.8 Å². The van der Waals surface area contributed by atoms with E-state index in [0.717, 1.165) is 16.3 Å². The predicted molar refractivity (Wildman–Crippen MR) is 117 cm³/mol. The fourth-order valence-electron chi connectivity index (χ4n) is 3.02. The highest BCUT2D eigenvalue weighted by Crippen LogP contribution is 2.30. The Kier molecular flexibility index (Phi) is 6.13. The van der Waals surface area contributed by atoms with Crippen LogP contribution in [0.1, 0.15) is 39.3 Å². The van der Waals surface area contributed by atoms with Crippen LogP contribution in [0.3, 0.4) is 0 Å². The molecule has 0 bridgehead atoms. The monoisotopic (exact) mass is 410 g/mol. The Morgan fingerprint density at radius 2 is 1.86 bits per heavy atom. The number of nitrogens with zero attached hydrogens (tertiary/aromatic N) is 1. The van der Waals surface area contributed by atoms with Gasteiger partial charge in [-0.3, -0.25) is 19.3 Å². The third-order valence-corrected chi connectivity index (χ3v) is 5.88. The number of thioether (sulfide) groups is 1. The van der Waals surface area contributed by atoms with E-state index in [1.807, 2.05) is 64.1 Å². The molecular formula is C23H26N2O3S. The number of ketones is 1. The number of benzene rings is 2. The van der Waals surface area contributed by atoms with Crippen molar-refractivity contribution in [3.8, 4) is 0 Å². The van der Waals surface area contributed by atoms with Gasteiger partial charge in [0.2, 0.25) is 11.8 Å². The summed E-state index contributed by atoms with van der Waals surface area (Å²) in [5.41, 5.74) is 0.468. The Hall–Kier alpha value is -2.60. The fourth-order valence-corrected chi connectivity index (χ4v) is 3.96. The van der Waals surface area contributed by atoms with Crippen molar-refractivity contribution in [1.29, 1.82) is 0 Å². The summed E-state index contributed by atoms with van der Waals surface area (Å²) in [5.74, 6) is -0.228. The summed E-state index contributed by atoms with van der Waals surface area (Å²) in [7, 11) is 0. The van der Waals surface area contributed by atoms with Crippen LogP contribution < -0.4 is 5.32 Å². The lowest BCUT2D eigenvalue weighted by molar-refractivity contribution is -0.131. The van der Waals surface area contributed by atoms with Crippen LogP contribution in [0.15, 0.2) is 53.6 Å². The number of allylic oxidation sites excluding steroid dienone is 1. The molecule has 3 rings (SSSR count). The minimum atomic E-state index is -0.530. The standard InChI is InChI=1S/C23H26N2O3S/c1-15(17-10-9-16-7-5-6-8-18(16)11-17)24-20(27)13-25-21(28)14-29-22(25)12-19(26)23(2,3)4/h5-12,15H,13-14H2,1-4H3,(H,24,27)/b22-12-. The van der Waals surface area contributed by atoms with Crippen molar-refractivity contribution in [3.05, 3.63) is 59.1 Å². The third-order valence-electron chi connectivity index (χ3n) is 4.86. The van der Waals surface area contributed by atoms with Gasteiger partial charge >= 0.3 is 0 Å². The lowest BCUT2D eigenvalue weighted by Crippen LogP contribution is -2.38. The van der Waals surface area contributed by atoms with E-state index in [0.29, 0.717) is 5.03 Å². The molecular weight excluding hydrogens is 384 g/mol. The Labute approximate surface area is 175 Å². The zero-order valence-electron chi connectivity index (χ0n) is 17.2. The van der Waals surface area contributed by atoms with E-state index in [4.69, 9.17) is 0 Å². The van der Waals surface area contributed by atoms with E-state index in [1.165, 1.54) is 22.7 Å². The number of carbonyl (C=O) groups excluding carboxylic acids is 3. The number of nitrogens with one attached hydrogen (secondary N) is 1. The molecule has 0 aliphatic carbocycles. The molecule has 0 radical (unpaired) electrons. The van der Waals surface area contributed by atoms with Gasteiger partial charge in [-0.1, -0.05) is 68.9 Å². The molecule has 1 saturated heterocycles. The molecule has 2 aromatic carbocycles. The van der Waals surface area contributed by atoms with Crippen LogP contribution in [0.25, 0.3) is 10.8 Å². The number of rotatable bonds is 5. The van der Waals surface area contributed by atoms with Gasteiger partial charge in [-0.05, 0) is 29.3 Å². The van der Waals surface area contributed by atoms with Crippen molar-refractivity contribution in [3.63, 3.8) is 0 Å². The average Bonchev–Trinajstić information content (AvgIpc) is 3.00. The van der Waals surface area contributed by atoms with Crippen molar-refractivity contribution >= 4 is 40.1 Å². The molecule has 29 heavy (non-hydrogen) atoms. The zero-order valence-corrected chi connectivity index (χ0v) is 18.0. The van der Waals surface area contributed by atoms with Gasteiger partial charge in [0.25, 0.3) is 0 Å². The van der Waals surface area contributed by atoms with Crippen molar-refractivity contribution in [2.24, 2.45) is 5.41 Å². The summed E-state index contributed by atoms with van der Waals surface area (Å²) >= 11 is 1.30. The zero-order chi connectivity index (χ0) is 21.2. The highest BCUT2D eigenvalue weighted by atomic mass is 32.2. The van der Waals surface area contributed by atoms with Gasteiger partial charge in [-0.15, -0.1) is 0 Å². The second kappa shape index (κ2) is 8.41. The SMILES string of the molecule is CC(NC(=O)CN1C(=O)CS/C1=C\C(=O)C(C)(C)C)c1ccc2ccccc2c1. The topological polar surface area (TPSA) is 66.5 Å². The largest absolute Gasteiger partial charge is 0.348 e. The molecule has 5 nitrogen and oxygen atoms in total. The van der Waals surface area contributed by atoms with Crippen molar-refractivity contribution in [2.45, 2.75) is 33.7 Å². The third kappa shape index (κ3) is 5.07. The second-order valence-electron chi connectivity index (χ2n) is 8.26. The maximum Gasteiger partial charge on any atom is 0.240 e. The smallest absolute Gasteiger partial charge is 0.240 e. The molecule has 1 atom stereocenters. The quantitative estimate of drug-likeness (QED) is 0.755. The van der Waals surface area contributed by atoms with Gasteiger partial charge in [-0.2, -0.15) is 0 Å². The molecule has 0 spiro atoms. The molecule has 0 aromatic heterocycles. The van der Waals surface area contributed by atoms with Crippen LogP contribution in [0.2, 0.25) is 0 Å². The van der Waals surface area contributed by atoms with Gasteiger partial charge in [0.15, 0.2) is 5.78 Å². The molecule has 1 aliphatic rings. The second-order valence-corrected chi connectivity index (χ2v) is 9.26. The summed E-state index contributed by atoms with van der Waals surface area (Å²) in [4.78, 5) is 38.5. The summed E-state index contributed by atoms with van der Waals surface area (Å²) < 4.78 is 0. The predicted octanol–water partition coefficient (Wildman–Crippen LogP) is 4.05. The number of carbonyl (C=O) groups is 3. The maximum atomic E-state index is 12.6. The first-order chi connectivity index (χ1) is 13.6. The Morgan fingerprint density at radius 1 is 1.17 bits per heavy atom. The molecule has 6 heteroatoms. The van der Waals surface area contributed by atoms with Crippen LogP contribution in [0.4, 0.5) is 0 Å². The normalized spacial score (nSPS) is 17.0. The number of hydrogen-bond donors (Lipinski definition) is 1. The van der Waals surface area contributed by atoms with E-state index in [9.17, 15) is 14.4 Å².